The maximum absolute atomic E-state index is 11.0. The van der Waals surface area contributed by atoms with E-state index in [-0.39, 0.29) is 5.92 Å². The summed E-state index contributed by atoms with van der Waals surface area (Å²) in [5.74, 6) is -0.735. The van der Waals surface area contributed by atoms with E-state index in [1.54, 1.807) is 12.1 Å². The average molecular weight is 313 g/mol. The molecule has 0 unspecified atom stereocenters. The zero-order chi connectivity index (χ0) is 15.4. The third-order valence-electron chi connectivity index (χ3n) is 4.06. The molecule has 116 valence electrons. The van der Waals surface area contributed by atoms with Gasteiger partial charge < -0.3 is 20.8 Å². The first kappa shape index (κ1) is 16.2. The number of hydrogen-bond donors (Lipinski definition) is 3. The zero-order valence-corrected chi connectivity index (χ0v) is 12.5. The first-order valence-corrected chi connectivity index (χ1v) is 7.48. The van der Waals surface area contributed by atoms with E-state index in [9.17, 15) is 15.0 Å². The summed E-state index contributed by atoms with van der Waals surface area (Å²) in [5, 5.41) is 20.5. The molecule has 1 fully saturated rings. The third kappa shape index (κ3) is 4.41. The van der Waals surface area contributed by atoms with Gasteiger partial charge in [-0.1, -0.05) is 23.7 Å². The number of rotatable bonds is 5. The first-order valence-electron chi connectivity index (χ1n) is 7.10. The Hall–Kier alpha value is -1.14. The van der Waals surface area contributed by atoms with Crippen molar-refractivity contribution in [2.45, 2.75) is 25.0 Å². The standard InChI is InChI=1S/C15H21ClN2O3/c16-12-3-1-10(2-4-12)13(19)9-18-7-5-11(6-8-18)14(20)15(17)21/h1-4,11,13-14,19-20H,5-9H2,(H2,17,21)/t13-,14+/m1/s1. The van der Waals surface area contributed by atoms with E-state index >= 15 is 0 Å². The minimum atomic E-state index is -1.06. The van der Waals surface area contributed by atoms with Crippen LogP contribution >= 0.6 is 11.6 Å². The van der Waals surface area contributed by atoms with Gasteiger partial charge in [-0.3, -0.25) is 4.79 Å². The van der Waals surface area contributed by atoms with Crippen molar-refractivity contribution in [1.29, 1.82) is 0 Å². The SMILES string of the molecule is NC(=O)[C@@H](O)C1CCN(C[C@@H](O)c2ccc(Cl)cc2)CC1. The van der Waals surface area contributed by atoms with Gasteiger partial charge in [0.25, 0.3) is 0 Å². The molecule has 6 heteroatoms. The van der Waals surface area contributed by atoms with Gasteiger partial charge in [-0.25, -0.2) is 0 Å². The van der Waals surface area contributed by atoms with Crippen molar-refractivity contribution in [2.75, 3.05) is 19.6 Å². The number of piperidine rings is 1. The fraction of sp³-hybridized carbons (Fsp3) is 0.533. The summed E-state index contributed by atoms with van der Waals surface area (Å²) in [6.07, 6.45) is -0.220. The molecule has 1 aromatic carbocycles. The van der Waals surface area contributed by atoms with E-state index in [0.717, 1.165) is 18.7 Å². The van der Waals surface area contributed by atoms with Crippen molar-refractivity contribution >= 4 is 17.5 Å². The van der Waals surface area contributed by atoms with E-state index in [1.807, 2.05) is 12.1 Å². The van der Waals surface area contributed by atoms with Gasteiger partial charge in [-0.15, -0.1) is 0 Å². The molecule has 1 aliphatic heterocycles. The highest BCUT2D eigenvalue weighted by Crippen LogP contribution is 2.23. The Morgan fingerprint density at radius 3 is 2.38 bits per heavy atom. The number of nitrogens with two attached hydrogens (primary N) is 1. The second-order valence-corrected chi connectivity index (χ2v) is 5.99. The second kappa shape index (κ2) is 7.22. The molecule has 1 aliphatic rings. The monoisotopic (exact) mass is 312 g/mol. The molecule has 0 saturated carbocycles. The van der Waals surface area contributed by atoms with Crippen LogP contribution in [-0.4, -0.2) is 46.8 Å². The second-order valence-electron chi connectivity index (χ2n) is 5.55. The minimum Gasteiger partial charge on any atom is -0.387 e. The van der Waals surface area contributed by atoms with Crippen LogP contribution in [-0.2, 0) is 4.79 Å². The summed E-state index contributed by atoms with van der Waals surface area (Å²) in [6, 6.07) is 7.15. The minimum absolute atomic E-state index is 0.0774. The van der Waals surface area contributed by atoms with Crippen molar-refractivity contribution in [2.24, 2.45) is 11.7 Å². The molecule has 21 heavy (non-hydrogen) atoms. The number of likely N-dealkylation sites (tertiary alicyclic amines) is 1. The van der Waals surface area contributed by atoms with Gasteiger partial charge in [0, 0.05) is 11.6 Å². The number of carbonyl (C=O) groups excluding carboxylic acids is 1. The molecule has 1 amide bonds. The van der Waals surface area contributed by atoms with Crippen LogP contribution in [0, 0.1) is 5.92 Å². The molecule has 2 rings (SSSR count). The molecule has 1 saturated heterocycles. The molecule has 2 atom stereocenters. The highest BCUT2D eigenvalue weighted by Gasteiger charge is 2.29. The molecular weight excluding hydrogens is 292 g/mol. The number of hydrogen-bond acceptors (Lipinski definition) is 4. The molecule has 1 heterocycles. The smallest absolute Gasteiger partial charge is 0.246 e. The van der Waals surface area contributed by atoms with E-state index in [1.165, 1.54) is 0 Å². The third-order valence-corrected chi connectivity index (χ3v) is 4.31. The topological polar surface area (TPSA) is 86.8 Å². The molecule has 0 radical (unpaired) electrons. The lowest BCUT2D eigenvalue weighted by Crippen LogP contribution is -2.43. The lowest BCUT2D eigenvalue weighted by molar-refractivity contribution is -0.129. The van der Waals surface area contributed by atoms with Gasteiger partial charge in [0.05, 0.1) is 6.10 Å². The normalized spacial score (nSPS) is 20.1. The van der Waals surface area contributed by atoms with E-state index < -0.39 is 18.1 Å². The molecule has 0 aliphatic carbocycles. The first-order chi connectivity index (χ1) is 9.97. The van der Waals surface area contributed by atoms with Crippen LogP contribution < -0.4 is 5.73 Å². The molecular formula is C15H21ClN2O3. The van der Waals surface area contributed by atoms with Gasteiger partial charge in [-0.05, 0) is 49.5 Å². The molecule has 0 spiro atoms. The van der Waals surface area contributed by atoms with Crippen LogP contribution in [0.1, 0.15) is 24.5 Å². The van der Waals surface area contributed by atoms with Crippen molar-refractivity contribution in [1.82, 2.24) is 4.90 Å². The summed E-state index contributed by atoms with van der Waals surface area (Å²) in [4.78, 5) is 13.1. The Morgan fingerprint density at radius 2 is 1.86 bits per heavy atom. The summed E-state index contributed by atoms with van der Waals surface area (Å²) < 4.78 is 0. The highest BCUT2D eigenvalue weighted by atomic mass is 35.5. The van der Waals surface area contributed by atoms with Gasteiger partial charge in [0.15, 0.2) is 0 Å². The van der Waals surface area contributed by atoms with Gasteiger partial charge in [-0.2, -0.15) is 0 Å². The summed E-state index contributed by atoms with van der Waals surface area (Å²) in [7, 11) is 0. The van der Waals surface area contributed by atoms with Crippen molar-refractivity contribution < 1.29 is 15.0 Å². The summed E-state index contributed by atoms with van der Waals surface area (Å²) in [6.45, 7) is 2.00. The van der Waals surface area contributed by atoms with Crippen LogP contribution in [0.4, 0.5) is 0 Å². The maximum Gasteiger partial charge on any atom is 0.246 e. The van der Waals surface area contributed by atoms with Crippen molar-refractivity contribution in [3.63, 3.8) is 0 Å². The van der Waals surface area contributed by atoms with Crippen molar-refractivity contribution in [3.8, 4) is 0 Å². The van der Waals surface area contributed by atoms with Crippen LogP contribution in [0.2, 0.25) is 5.02 Å². The predicted octanol–water partition coefficient (Wildman–Crippen LogP) is 0.932. The fourth-order valence-electron chi connectivity index (χ4n) is 2.72. The Labute approximate surface area is 129 Å². The number of benzene rings is 1. The molecule has 0 bridgehead atoms. The van der Waals surface area contributed by atoms with E-state index in [0.29, 0.717) is 24.4 Å². The number of aliphatic hydroxyl groups is 2. The number of carbonyl (C=O) groups is 1. The van der Waals surface area contributed by atoms with Crippen LogP contribution in [0.15, 0.2) is 24.3 Å². The predicted molar refractivity (Wildman–Crippen MR) is 80.8 cm³/mol. The number of aliphatic hydroxyl groups excluding tert-OH is 2. The maximum atomic E-state index is 11.0. The Morgan fingerprint density at radius 1 is 1.29 bits per heavy atom. The number of halogens is 1. The molecule has 0 aromatic heterocycles. The fourth-order valence-corrected chi connectivity index (χ4v) is 2.84. The van der Waals surface area contributed by atoms with Crippen molar-refractivity contribution in [3.05, 3.63) is 34.9 Å². The summed E-state index contributed by atoms with van der Waals surface area (Å²) >= 11 is 5.83. The number of amides is 1. The molecule has 4 N–H and O–H groups in total. The van der Waals surface area contributed by atoms with Gasteiger partial charge in [0.1, 0.15) is 6.10 Å². The van der Waals surface area contributed by atoms with Gasteiger partial charge in [0.2, 0.25) is 5.91 Å². The molecule has 1 aromatic rings. The van der Waals surface area contributed by atoms with Crippen LogP contribution in [0.5, 0.6) is 0 Å². The lowest BCUT2D eigenvalue weighted by Gasteiger charge is -2.34. The Balaban J connectivity index is 1.83. The Kier molecular flexibility index (Phi) is 5.58. The average Bonchev–Trinajstić information content (AvgIpc) is 2.47. The Bertz CT molecular complexity index is 472. The van der Waals surface area contributed by atoms with Gasteiger partial charge >= 0.3 is 0 Å². The number of nitrogens with zero attached hydrogens (tertiary/aromatic N) is 1. The lowest BCUT2D eigenvalue weighted by atomic mass is 9.90. The quantitative estimate of drug-likeness (QED) is 0.755. The van der Waals surface area contributed by atoms with E-state index in [2.05, 4.69) is 4.90 Å². The largest absolute Gasteiger partial charge is 0.387 e. The van der Waals surface area contributed by atoms with Crippen LogP contribution in [0.25, 0.3) is 0 Å². The van der Waals surface area contributed by atoms with E-state index in [4.69, 9.17) is 17.3 Å². The number of primary amides is 1. The zero-order valence-electron chi connectivity index (χ0n) is 11.8. The number of β-amino-alcohol motifs (C(OH)–C–C–N with tert-alkyl or cyclic N) is 1. The summed E-state index contributed by atoms with van der Waals surface area (Å²) in [5.41, 5.74) is 5.95. The van der Waals surface area contributed by atoms with Crippen LogP contribution in [0.3, 0.4) is 0 Å². The molecule has 5 nitrogen and oxygen atoms in total. The highest BCUT2D eigenvalue weighted by molar-refractivity contribution is 6.30.